The first kappa shape index (κ1) is 13.4. The van der Waals surface area contributed by atoms with Crippen LogP contribution in [0.5, 0.6) is 0 Å². The fraction of sp³-hybridized carbons (Fsp3) is 0.176. The number of benzene rings is 1. The van der Waals surface area contributed by atoms with Gasteiger partial charge in [0.25, 0.3) is 5.91 Å². The smallest absolute Gasteiger partial charge is 0.251 e. The van der Waals surface area contributed by atoms with Crippen molar-refractivity contribution in [3.8, 4) is 0 Å². The van der Waals surface area contributed by atoms with Crippen molar-refractivity contribution in [3.63, 3.8) is 0 Å². The van der Waals surface area contributed by atoms with Crippen LogP contribution in [-0.2, 0) is 13.5 Å². The van der Waals surface area contributed by atoms with Crippen molar-refractivity contribution in [3.05, 3.63) is 66.1 Å². The molecule has 106 valence electrons. The number of rotatable bonds is 4. The van der Waals surface area contributed by atoms with E-state index in [2.05, 4.69) is 10.3 Å². The Bertz CT molecular complexity index is 762. The summed E-state index contributed by atoms with van der Waals surface area (Å²) in [6.07, 6.45) is 4.49. The summed E-state index contributed by atoms with van der Waals surface area (Å²) in [5.41, 5.74) is 2.80. The minimum atomic E-state index is -0.0447. The van der Waals surface area contributed by atoms with Gasteiger partial charge in [-0.2, -0.15) is 0 Å². The molecule has 3 aromatic rings. The number of nitrogens with zero attached hydrogens (tertiary/aromatic N) is 2. The lowest BCUT2D eigenvalue weighted by atomic mass is 10.1. The molecular weight excluding hydrogens is 262 g/mol. The normalized spacial score (nSPS) is 10.7. The molecule has 0 aliphatic rings. The van der Waals surface area contributed by atoms with Gasteiger partial charge in [-0.3, -0.25) is 9.78 Å². The largest absolute Gasteiger partial charge is 0.352 e. The van der Waals surface area contributed by atoms with E-state index in [-0.39, 0.29) is 5.91 Å². The maximum Gasteiger partial charge on any atom is 0.251 e. The summed E-state index contributed by atoms with van der Waals surface area (Å²) in [7, 11) is 1.99. The summed E-state index contributed by atoms with van der Waals surface area (Å²) in [5, 5.41) is 4.01. The average molecular weight is 279 g/mol. The number of hydrogen-bond acceptors (Lipinski definition) is 2. The highest BCUT2D eigenvalue weighted by atomic mass is 16.1. The second-order valence-electron chi connectivity index (χ2n) is 5.03. The number of carbonyl (C=O) groups is 1. The Hall–Kier alpha value is -2.62. The molecule has 0 saturated heterocycles. The van der Waals surface area contributed by atoms with Crippen LogP contribution in [0.3, 0.4) is 0 Å². The summed E-state index contributed by atoms with van der Waals surface area (Å²) < 4.78 is 2.04. The molecular formula is C17H17N3O. The van der Waals surface area contributed by atoms with Gasteiger partial charge in [0.2, 0.25) is 0 Å². The standard InChI is InChI=1S/C17H17N3O/c1-20-11-8-13-12-14(5-6-16(13)20)17(21)19-10-7-15-4-2-3-9-18-15/h2-6,8-9,11-12H,7,10H2,1H3,(H,19,21). The zero-order valence-corrected chi connectivity index (χ0v) is 11.9. The lowest BCUT2D eigenvalue weighted by Crippen LogP contribution is -2.25. The van der Waals surface area contributed by atoms with Crippen LogP contribution in [0.4, 0.5) is 0 Å². The summed E-state index contributed by atoms with van der Waals surface area (Å²) >= 11 is 0. The van der Waals surface area contributed by atoms with Gasteiger partial charge < -0.3 is 9.88 Å². The predicted molar refractivity (Wildman–Crippen MR) is 83.2 cm³/mol. The summed E-state index contributed by atoms with van der Waals surface area (Å²) in [4.78, 5) is 16.4. The van der Waals surface area contributed by atoms with E-state index in [0.717, 1.165) is 23.0 Å². The van der Waals surface area contributed by atoms with E-state index in [9.17, 15) is 4.79 Å². The van der Waals surface area contributed by atoms with Crippen LogP contribution >= 0.6 is 0 Å². The van der Waals surface area contributed by atoms with Crippen molar-refractivity contribution < 1.29 is 4.79 Å². The van der Waals surface area contributed by atoms with E-state index in [4.69, 9.17) is 0 Å². The fourth-order valence-corrected chi connectivity index (χ4v) is 2.38. The molecule has 2 heterocycles. The van der Waals surface area contributed by atoms with Gasteiger partial charge in [-0.25, -0.2) is 0 Å². The number of aryl methyl sites for hydroxylation is 1. The third kappa shape index (κ3) is 2.94. The van der Waals surface area contributed by atoms with Crippen molar-refractivity contribution >= 4 is 16.8 Å². The molecule has 0 radical (unpaired) electrons. The number of nitrogens with one attached hydrogen (secondary N) is 1. The van der Waals surface area contributed by atoms with Crippen molar-refractivity contribution in [2.75, 3.05) is 6.54 Å². The van der Waals surface area contributed by atoms with Gasteiger partial charge in [0.15, 0.2) is 0 Å². The topological polar surface area (TPSA) is 46.9 Å². The Morgan fingerprint density at radius 3 is 2.95 bits per heavy atom. The summed E-state index contributed by atoms with van der Waals surface area (Å²) in [6, 6.07) is 13.6. The molecule has 1 amide bonds. The van der Waals surface area contributed by atoms with E-state index in [1.807, 2.05) is 60.3 Å². The number of hydrogen-bond donors (Lipinski definition) is 1. The number of fused-ring (bicyclic) bond motifs is 1. The first-order chi connectivity index (χ1) is 10.2. The van der Waals surface area contributed by atoms with E-state index in [1.165, 1.54) is 0 Å². The number of aromatic nitrogens is 2. The molecule has 0 aliphatic carbocycles. The maximum absolute atomic E-state index is 12.1. The maximum atomic E-state index is 12.1. The van der Waals surface area contributed by atoms with E-state index in [0.29, 0.717) is 12.1 Å². The van der Waals surface area contributed by atoms with Crippen LogP contribution in [0.25, 0.3) is 10.9 Å². The third-order valence-corrected chi connectivity index (χ3v) is 3.54. The quantitative estimate of drug-likeness (QED) is 0.798. The minimum Gasteiger partial charge on any atom is -0.352 e. The monoisotopic (exact) mass is 279 g/mol. The first-order valence-electron chi connectivity index (χ1n) is 6.97. The molecule has 0 unspecified atom stereocenters. The number of amides is 1. The number of pyridine rings is 1. The lowest BCUT2D eigenvalue weighted by molar-refractivity contribution is 0.0954. The second kappa shape index (κ2) is 5.79. The van der Waals surface area contributed by atoms with E-state index < -0.39 is 0 Å². The van der Waals surface area contributed by atoms with Crippen molar-refractivity contribution in [2.45, 2.75) is 6.42 Å². The first-order valence-corrected chi connectivity index (χ1v) is 6.97. The molecule has 0 atom stereocenters. The highest BCUT2D eigenvalue weighted by Crippen LogP contribution is 2.16. The Morgan fingerprint density at radius 2 is 2.14 bits per heavy atom. The Morgan fingerprint density at radius 1 is 1.24 bits per heavy atom. The van der Waals surface area contributed by atoms with Crippen LogP contribution < -0.4 is 5.32 Å². The Kier molecular flexibility index (Phi) is 3.69. The highest BCUT2D eigenvalue weighted by molar-refractivity contribution is 5.98. The molecule has 0 saturated carbocycles. The van der Waals surface area contributed by atoms with E-state index >= 15 is 0 Å². The minimum absolute atomic E-state index is 0.0447. The van der Waals surface area contributed by atoms with Gasteiger partial charge in [0, 0.05) is 54.6 Å². The van der Waals surface area contributed by atoms with Gasteiger partial charge in [-0.15, -0.1) is 0 Å². The van der Waals surface area contributed by atoms with Crippen molar-refractivity contribution in [1.82, 2.24) is 14.9 Å². The highest BCUT2D eigenvalue weighted by Gasteiger charge is 2.07. The summed E-state index contributed by atoms with van der Waals surface area (Å²) in [6.45, 7) is 0.586. The molecule has 0 bridgehead atoms. The van der Waals surface area contributed by atoms with Gasteiger partial charge in [-0.1, -0.05) is 6.07 Å². The third-order valence-electron chi connectivity index (χ3n) is 3.54. The number of carbonyl (C=O) groups excluding carboxylic acids is 1. The predicted octanol–water partition coefficient (Wildman–Crippen LogP) is 2.55. The van der Waals surface area contributed by atoms with Crippen molar-refractivity contribution in [2.24, 2.45) is 7.05 Å². The van der Waals surface area contributed by atoms with Crippen molar-refractivity contribution in [1.29, 1.82) is 0 Å². The second-order valence-corrected chi connectivity index (χ2v) is 5.03. The van der Waals surface area contributed by atoms with Crippen LogP contribution in [0.1, 0.15) is 16.1 Å². The molecule has 0 aliphatic heterocycles. The molecule has 21 heavy (non-hydrogen) atoms. The molecule has 0 spiro atoms. The Balaban J connectivity index is 1.64. The molecule has 4 heteroatoms. The average Bonchev–Trinajstić information content (AvgIpc) is 2.89. The zero-order chi connectivity index (χ0) is 14.7. The van der Waals surface area contributed by atoms with Gasteiger partial charge >= 0.3 is 0 Å². The van der Waals surface area contributed by atoms with Crippen LogP contribution in [0.15, 0.2) is 54.9 Å². The molecule has 2 aromatic heterocycles. The molecule has 3 rings (SSSR count). The van der Waals surface area contributed by atoms with Gasteiger partial charge in [0.1, 0.15) is 0 Å². The summed E-state index contributed by atoms with van der Waals surface area (Å²) in [5.74, 6) is -0.0447. The van der Waals surface area contributed by atoms with E-state index in [1.54, 1.807) is 6.20 Å². The zero-order valence-electron chi connectivity index (χ0n) is 11.9. The van der Waals surface area contributed by atoms with Crippen LogP contribution in [0, 0.1) is 0 Å². The fourth-order valence-electron chi connectivity index (χ4n) is 2.38. The SMILES string of the molecule is Cn1ccc2cc(C(=O)NCCc3ccccn3)ccc21. The lowest BCUT2D eigenvalue weighted by Gasteiger charge is -2.05. The van der Waals surface area contributed by atoms with Crippen LogP contribution in [0.2, 0.25) is 0 Å². The Labute approximate surface area is 123 Å². The van der Waals surface area contributed by atoms with Crippen LogP contribution in [-0.4, -0.2) is 22.0 Å². The molecule has 0 fully saturated rings. The molecule has 4 nitrogen and oxygen atoms in total. The molecule has 1 aromatic carbocycles. The van der Waals surface area contributed by atoms with Gasteiger partial charge in [-0.05, 0) is 36.4 Å². The van der Waals surface area contributed by atoms with Gasteiger partial charge in [0.05, 0.1) is 0 Å². The molecule has 1 N–H and O–H groups in total.